The average molecular weight is 347 g/mol. The topological polar surface area (TPSA) is 59.4 Å². The van der Waals surface area contributed by atoms with Crippen LogP contribution >= 0.6 is 0 Å². The Hall–Kier alpha value is -3.14. The number of hydrogen-bond acceptors (Lipinski definition) is 4. The number of rotatable bonds is 6. The zero-order chi connectivity index (χ0) is 18.5. The first-order chi connectivity index (χ1) is 12.5. The van der Waals surface area contributed by atoms with Gasteiger partial charge >= 0.3 is 0 Å². The first kappa shape index (κ1) is 17.7. The fourth-order valence-electron chi connectivity index (χ4n) is 2.83. The first-order valence-corrected chi connectivity index (χ1v) is 8.55. The molecule has 0 saturated carbocycles. The van der Waals surface area contributed by atoms with Crippen LogP contribution in [0.25, 0.3) is 10.8 Å². The number of carbonyl (C=O) groups is 1. The van der Waals surface area contributed by atoms with Gasteiger partial charge in [-0.25, -0.2) is 4.98 Å². The molecule has 132 valence electrons. The third-order valence-corrected chi connectivity index (χ3v) is 4.08. The molecule has 0 aliphatic heterocycles. The minimum absolute atomic E-state index is 0.0363. The number of nitrogens with zero attached hydrogens (tertiary/aromatic N) is 1. The van der Waals surface area contributed by atoms with Crippen molar-refractivity contribution >= 4 is 16.6 Å². The molecule has 3 rings (SSSR count). The number of ether oxygens (including phenoxy) is 1. The molecule has 1 unspecified atom stereocenters. The van der Waals surface area contributed by atoms with Crippen molar-refractivity contribution in [3.05, 3.63) is 78.2 Å². The lowest BCUT2D eigenvalue weighted by atomic mass is 10.0. The van der Waals surface area contributed by atoms with E-state index in [2.05, 4.69) is 11.1 Å². The maximum Gasteiger partial charge on any atom is 0.219 e. The number of ketones is 1. The number of aliphatic hydroxyl groups is 1. The van der Waals surface area contributed by atoms with Crippen molar-refractivity contribution in [3.63, 3.8) is 0 Å². The first-order valence-electron chi connectivity index (χ1n) is 8.55. The SMILES string of the molecule is CC(=O)/C=C(\O)CC(C)c1cccc(Oc2ccc3ccccc3c2)n1. The van der Waals surface area contributed by atoms with E-state index in [1.54, 1.807) is 6.07 Å². The lowest BCUT2D eigenvalue weighted by Crippen LogP contribution is -2.01. The van der Waals surface area contributed by atoms with Crippen LogP contribution in [0.2, 0.25) is 0 Å². The molecule has 0 aliphatic carbocycles. The van der Waals surface area contributed by atoms with Gasteiger partial charge in [-0.05, 0) is 35.9 Å². The highest BCUT2D eigenvalue weighted by atomic mass is 16.5. The predicted molar refractivity (Wildman–Crippen MR) is 103 cm³/mol. The van der Waals surface area contributed by atoms with Crippen molar-refractivity contribution in [3.8, 4) is 11.6 Å². The minimum atomic E-state index is -0.170. The van der Waals surface area contributed by atoms with Gasteiger partial charge in [0.05, 0.1) is 5.76 Å². The molecule has 0 radical (unpaired) electrons. The third-order valence-electron chi connectivity index (χ3n) is 4.08. The van der Waals surface area contributed by atoms with Crippen LogP contribution in [0.1, 0.15) is 31.9 Å². The summed E-state index contributed by atoms with van der Waals surface area (Å²) < 4.78 is 5.90. The van der Waals surface area contributed by atoms with Crippen molar-refractivity contribution in [1.29, 1.82) is 0 Å². The normalized spacial score (nSPS) is 12.8. The second-order valence-electron chi connectivity index (χ2n) is 6.36. The lowest BCUT2D eigenvalue weighted by Gasteiger charge is -2.12. The summed E-state index contributed by atoms with van der Waals surface area (Å²) in [4.78, 5) is 15.6. The Morgan fingerprint density at radius 2 is 1.88 bits per heavy atom. The molecule has 0 bridgehead atoms. The summed E-state index contributed by atoms with van der Waals surface area (Å²) in [5, 5.41) is 12.1. The van der Waals surface area contributed by atoms with Crippen molar-refractivity contribution in [2.75, 3.05) is 0 Å². The van der Waals surface area contributed by atoms with Gasteiger partial charge in [0.1, 0.15) is 5.75 Å². The molecular formula is C22H21NO3. The molecule has 1 atom stereocenters. The summed E-state index contributed by atoms with van der Waals surface area (Å²) in [6, 6.07) is 19.6. The molecule has 0 aliphatic rings. The fourth-order valence-corrected chi connectivity index (χ4v) is 2.83. The number of fused-ring (bicyclic) bond motifs is 1. The van der Waals surface area contributed by atoms with Gasteiger partial charge in [-0.3, -0.25) is 4.79 Å². The molecule has 1 aromatic heterocycles. The molecule has 1 N–H and O–H groups in total. The van der Waals surface area contributed by atoms with Crippen molar-refractivity contribution in [2.24, 2.45) is 0 Å². The van der Waals surface area contributed by atoms with Crippen LogP contribution in [0, 0.1) is 0 Å². The van der Waals surface area contributed by atoms with E-state index in [9.17, 15) is 9.90 Å². The number of carbonyl (C=O) groups excluding carboxylic acids is 1. The van der Waals surface area contributed by atoms with Gasteiger partial charge in [-0.15, -0.1) is 0 Å². The highest BCUT2D eigenvalue weighted by Gasteiger charge is 2.11. The molecule has 0 saturated heterocycles. The molecule has 0 fully saturated rings. The second-order valence-corrected chi connectivity index (χ2v) is 6.36. The van der Waals surface area contributed by atoms with Crippen LogP contribution in [0.3, 0.4) is 0 Å². The van der Waals surface area contributed by atoms with Crippen LogP contribution in [-0.2, 0) is 4.79 Å². The summed E-state index contributed by atoms with van der Waals surface area (Å²) in [5.41, 5.74) is 0.798. The van der Waals surface area contributed by atoms with Crippen LogP contribution < -0.4 is 4.74 Å². The van der Waals surface area contributed by atoms with Gasteiger partial charge in [0.25, 0.3) is 0 Å². The van der Waals surface area contributed by atoms with E-state index in [1.165, 1.54) is 13.0 Å². The zero-order valence-electron chi connectivity index (χ0n) is 14.8. The fraction of sp³-hybridized carbons (Fsp3) is 0.182. The number of hydrogen-bond donors (Lipinski definition) is 1. The lowest BCUT2D eigenvalue weighted by molar-refractivity contribution is -0.112. The number of benzene rings is 2. The molecule has 2 aromatic carbocycles. The Morgan fingerprint density at radius 1 is 1.12 bits per heavy atom. The van der Waals surface area contributed by atoms with Gasteiger partial charge in [0.15, 0.2) is 5.78 Å². The Labute approximate surface area is 152 Å². The standard InChI is InChI=1S/C22H21NO3/c1-15(12-19(25)13-16(2)24)21-8-5-9-22(23-21)26-20-11-10-17-6-3-4-7-18(17)14-20/h3-11,13-15,25H,12H2,1-2H3/b19-13-. The van der Waals surface area contributed by atoms with Crippen LogP contribution in [0.5, 0.6) is 11.6 Å². The second kappa shape index (κ2) is 7.83. The minimum Gasteiger partial charge on any atom is -0.512 e. The Balaban J connectivity index is 1.76. The molecule has 4 nitrogen and oxygen atoms in total. The van der Waals surface area contributed by atoms with Gasteiger partial charge < -0.3 is 9.84 Å². The quantitative estimate of drug-likeness (QED) is 0.469. The highest BCUT2D eigenvalue weighted by Crippen LogP contribution is 2.27. The van der Waals surface area contributed by atoms with Crippen LogP contribution in [0.4, 0.5) is 0 Å². The van der Waals surface area contributed by atoms with E-state index in [0.717, 1.165) is 22.2 Å². The average Bonchev–Trinajstić information content (AvgIpc) is 2.61. The molecule has 0 amide bonds. The van der Waals surface area contributed by atoms with Crippen molar-refractivity contribution in [2.45, 2.75) is 26.2 Å². The van der Waals surface area contributed by atoms with Crippen LogP contribution in [0.15, 0.2) is 72.5 Å². The molecule has 26 heavy (non-hydrogen) atoms. The van der Waals surface area contributed by atoms with Gasteiger partial charge in [0.2, 0.25) is 5.88 Å². The largest absolute Gasteiger partial charge is 0.512 e. The molecule has 4 heteroatoms. The third kappa shape index (κ3) is 4.48. The number of aromatic nitrogens is 1. The van der Waals surface area contributed by atoms with Crippen molar-refractivity contribution in [1.82, 2.24) is 4.98 Å². The summed E-state index contributed by atoms with van der Waals surface area (Å²) in [6.45, 7) is 3.36. The number of aliphatic hydroxyl groups excluding tert-OH is 1. The van der Waals surface area contributed by atoms with E-state index in [4.69, 9.17) is 4.74 Å². The maximum absolute atomic E-state index is 11.1. The molecular weight excluding hydrogens is 326 g/mol. The monoisotopic (exact) mass is 347 g/mol. The van der Waals surface area contributed by atoms with Gasteiger partial charge in [0, 0.05) is 30.2 Å². The summed E-state index contributed by atoms with van der Waals surface area (Å²) >= 11 is 0. The Morgan fingerprint density at radius 3 is 2.65 bits per heavy atom. The number of allylic oxidation sites excluding steroid dienone is 2. The molecule has 1 heterocycles. The summed E-state index contributed by atoms with van der Waals surface area (Å²) in [7, 11) is 0. The smallest absolute Gasteiger partial charge is 0.219 e. The maximum atomic E-state index is 11.1. The molecule has 3 aromatic rings. The van der Waals surface area contributed by atoms with Crippen molar-refractivity contribution < 1.29 is 14.6 Å². The van der Waals surface area contributed by atoms with Crippen LogP contribution in [-0.4, -0.2) is 15.9 Å². The summed E-state index contributed by atoms with van der Waals surface area (Å²) in [5.74, 6) is 1.08. The van der Waals surface area contributed by atoms with E-state index in [0.29, 0.717) is 12.3 Å². The molecule has 0 spiro atoms. The van der Waals surface area contributed by atoms with E-state index in [1.807, 2.05) is 55.5 Å². The van der Waals surface area contributed by atoms with Gasteiger partial charge in [-0.2, -0.15) is 0 Å². The van der Waals surface area contributed by atoms with E-state index < -0.39 is 0 Å². The highest BCUT2D eigenvalue weighted by molar-refractivity contribution is 5.87. The predicted octanol–water partition coefficient (Wildman–Crippen LogP) is 5.55. The Kier molecular flexibility index (Phi) is 5.32. The van der Waals surface area contributed by atoms with Gasteiger partial charge in [-0.1, -0.05) is 43.3 Å². The van der Waals surface area contributed by atoms with E-state index >= 15 is 0 Å². The van der Waals surface area contributed by atoms with E-state index in [-0.39, 0.29) is 17.5 Å². The zero-order valence-corrected chi connectivity index (χ0v) is 14.8. The number of pyridine rings is 1. The summed E-state index contributed by atoms with van der Waals surface area (Å²) in [6.07, 6.45) is 1.60. The Bertz CT molecular complexity index is 962.